The van der Waals surface area contributed by atoms with Crippen molar-refractivity contribution < 1.29 is 13.2 Å². The van der Waals surface area contributed by atoms with Gasteiger partial charge < -0.3 is 5.32 Å². The Morgan fingerprint density at radius 3 is 2.38 bits per heavy atom. The van der Waals surface area contributed by atoms with Gasteiger partial charge in [-0.15, -0.1) is 0 Å². The molecule has 1 unspecified atom stereocenters. The van der Waals surface area contributed by atoms with Crippen molar-refractivity contribution in [3.63, 3.8) is 0 Å². The molecule has 0 radical (unpaired) electrons. The van der Waals surface area contributed by atoms with Crippen LogP contribution < -0.4 is 5.32 Å². The fourth-order valence-electron chi connectivity index (χ4n) is 3.63. The number of carbonyl (C=O) groups is 1. The summed E-state index contributed by atoms with van der Waals surface area (Å²) >= 11 is 0. The van der Waals surface area contributed by atoms with Crippen LogP contribution in [0.1, 0.15) is 34.8 Å². The van der Waals surface area contributed by atoms with E-state index in [0.29, 0.717) is 29.9 Å². The van der Waals surface area contributed by atoms with Gasteiger partial charge in [0.1, 0.15) is 5.82 Å². The minimum absolute atomic E-state index is 0.269. The first-order valence-corrected chi connectivity index (χ1v) is 10.9. The molecular weight excluding hydrogens is 386 g/mol. The van der Waals surface area contributed by atoms with E-state index in [1.807, 2.05) is 12.1 Å². The number of aromatic nitrogens is 1. The first kappa shape index (κ1) is 19.3. The van der Waals surface area contributed by atoms with Gasteiger partial charge in [-0.05, 0) is 43.2 Å². The maximum Gasteiger partial charge on any atom is 0.256 e. The highest BCUT2D eigenvalue weighted by Gasteiger charge is 2.37. The molecule has 1 atom stereocenters. The maximum absolute atomic E-state index is 13.2. The standard InChI is InChI=1S/C22H21N3O3S/c26-22(17-9-3-1-4-10-17)24-21-19(13-7-15-23-21)20-14-8-16-25(20)29(27,28)18-11-5-2-6-12-18/h1-7,9-13,15,20H,8,14,16H2,(H,23,24,26). The van der Waals surface area contributed by atoms with Crippen LogP contribution in [0.5, 0.6) is 0 Å². The van der Waals surface area contributed by atoms with E-state index in [4.69, 9.17) is 0 Å². The number of benzene rings is 2. The lowest BCUT2D eigenvalue weighted by molar-refractivity contribution is 0.102. The molecule has 1 N–H and O–H groups in total. The van der Waals surface area contributed by atoms with E-state index in [9.17, 15) is 13.2 Å². The summed E-state index contributed by atoms with van der Waals surface area (Å²) in [5.74, 6) is 0.113. The van der Waals surface area contributed by atoms with Crippen LogP contribution in [0.25, 0.3) is 0 Å². The summed E-state index contributed by atoms with van der Waals surface area (Å²) < 4.78 is 27.9. The Morgan fingerprint density at radius 2 is 1.66 bits per heavy atom. The summed E-state index contributed by atoms with van der Waals surface area (Å²) in [5, 5.41) is 2.84. The predicted octanol–water partition coefficient (Wildman–Crippen LogP) is 3.86. The third-order valence-electron chi connectivity index (χ3n) is 5.02. The van der Waals surface area contributed by atoms with Crippen molar-refractivity contribution >= 4 is 21.7 Å². The molecule has 1 aromatic heterocycles. The molecule has 0 spiro atoms. The molecule has 2 aromatic carbocycles. The number of sulfonamides is 1. The van der Waals surface area contributed by atoms with E-state index >= 15 is 0 Å². The number of nitrogens with zero attached hydrogens (tertiary/aromatic N) is 2. The molecule has 29 heavy (non-hydrogen) atoms. The molecule has 3 aromatic rings. The fourth-order valence-corrected chi connectivity index (χ4v) is 5.32. The van der Waals surface area contributed by atoms with Crippen molar-refractivity contribution in [2.75, 3.05) is 11.9 Å². The third-order valence-corrected chi connectivity index (χ3v) is 6.94. The minimum atomic E-state index is -3.64. The van der Waals surface area contributed by atoms with E-state index < -0.39 is 10.0 Å². The summed E-state index contributed by atoms with van der Waals surface area (Å²) in [6, 6.07) is 20.5. The predicted molar refractivity (Wildman–Crippen MR) is 111 cm³/mol. The van der Waals surface area contributed by atoms with Crippen LogP contribution >= 0.6 is 0 Å². The summed E-state index contributed by atoms with van der Waals surface area (Å²) in [7, 11) is -3.64. The Labute approximate surface area is 170 Å². The van der Waals surface area contributed by atoms with Crippen LogP contribution in [0.4, 0.5) is 5.82 Å². The fraction of sp³-hybridized carbons (Fsp3) is 0.182. The monoisotopic (exact) mass is 407 g/mol. The Bertz CT molecular complexity index is 1100. The molecule has 2 heterocycles. The molecule has 0 saturated carbocycles. The molecule has 0 aliphatic carbocycles. The summed E-state index contributed by atoms with van der Waals surface area (Å²) in [6.07, 6.45) is 3.01. The molecule has 1 fully saturated rings. The van der Waals surface area contributed by atoms with Crippen molar-refractivity contribution in [2.24, 2.45) is 0 Å². The first-order chi connectivity index (χ1) is 14.1. The van der Waals surface area contributed by atoms with Crippen molar-refractivity contribution in [3.8, 4) is 0 Å². The van der Waals surface area contributed by atoms with Crippen LogP contribution in [0.2, 0.25) is 0 Å². The highest BCUT2D eigenvalue weighted by atomic mass is 32.2. The van der Waals surface area contributed by atoms with Gasteiger partial charge >= 0.3 is 0 Å². The Morgan fingerprint density at radius 1 is 0.966 bits per heavy atom. The highest BCUT2D eigenvalue weighted by molar-refractivity contribution is 7.89. The zero-order valence-corrected chi connectivity index (χ0v) is 16.5. The van der Waals surface area contributed by atoms with Gasteiger partial charge in [0, 0.05) is 23.9 Å². The number of hydrogen-bond acceptors (Lipinski definition) is 4. The molecule has 7 heteroatoms. The molecule has 1 amide bonds. The largest absolute Gasteiger partial charge is 0.306 e. The third kappa shape index (κ3) is 3.92. The molecule has 1 aliphatic heterocycles. The second-order valence-electron chi connectivity index (χ2n) is 6.85. The molecule has 1 aliphatic rings. The van der Waals surface area contributed by atoms with Gasteiger partial charge in [0.2, 0.25) is 10.0 Å². The van der Waals surface area contributed by atoms with E-state index in [1.165, 1.54) is 4.31 Å². The van der Waals surface area contributed by atoms with Gasteiger partial charge in [0.05, 0.1) is 10.9 Å². The lowest BCUT2D eigenvalue weighted by Crippen LogP contribution is -2.31. The van der Waals surface area contributed by atoms with Crippen molar-refractivity contribution in [1.82, 2.24) is 9.29 Å². The van der Waals surface area contributed by atoms with Gasteiger partial charge in [-0.25, -0.2) is 13.4 Å². The van der Waals surface area contributed by atoms with Gasteiger partial charge in [-0.1, -0.05) is 42.5 Å². The maximum atomic E-state index is 13.2. The molecule has 6 nitrogen and oxygen atoms in total. The summed E-state index contributed by atoms with van der Waals surface area (Å²) in [4.78, 5) is 17.2. The lowest BCUT2D eigenvalue weighted by Gasteiger charge is -2.25. The molecule has 1 saturated heterocycles. The summed E-state index contributed by atoms with van der Waals surface area (Å²) in [6.45, 7) is 0.433. The molecule has 4 rings (SSSR count). The number of rotatable bonds is 5. The quantitative estimate of drug-likeness (QED) is 0.697. The number of nitrogens with one attached hydrogen (secondary N) is 1. The normalized spacial score (nSPS) is 17.2. The second kappa shape index (κ2) is 8.14. The zero-order chi connectivity index (χ0) is 20.3. The van der Waals surface area contributed by atoms with Gasteiger partial charge in [0.15, 0.2) is 0 Å². The van der Waals surface area contributed by atoms with E-state index in [1.54, 1.807) is 66.9 Å². The highest BCUT2D eigenvalue weighted by Crippen LogP contribution is 2.38. The average molecular weight is 407 g/mol. The summed E-state index contributed by atoms with van der Waals surface area (Å²) in [5.41, 5.74) is 1.22. The number of hydrogen-bond donors (Lipinski definition) is 1. The number of pyridine rings is 1. The van der Waals surface area contributed by atoms with Crippen LogP contribution in [0.15, 0.2) is 83.9 Å². The van der Waals surface area contributed by atoms with Crippen molar-refractivity contribution in [1.29, 1.82) is 0 Å². The Hall–Kier alpha value is -3.03. The topological polar surface area (TPSA) is 79.4 Å². The van der Waals surface area contributed by atoms with E-state index in [2.05, 4.69) is 10.3 Å². The van der Waals surface area contributed by atoms with Crippen LogP contribution in [0.3, 0.4) is 0 Å². The first-order valence-electron chi connectivity index (χ1n) is 9.45. The smallest absolute Gasteiger partial charge is 0.256 e. The van der Waals surface area contributed by atoms with Gasteiger partial charge in [0.25, 0.3) is 5.91 Å². The van der Waals surface area contributed by atoms with E-state index in [-0.39, 0.29) is 16.8 Å². The average Bonchev–Trinajstić information content (AvgIpc) is 3.26. The lowest BCUT2D eigenvalue weighted by atomic mass is 10.1. The van der Waals surface area contributed by atoms with Gasteiger partial charge in [-0.3, -0.25) is 4.79 Å². The molecular formula is C22H21N3O3S. The van der Waals surface area contributed by atoms with E-state index in [0.717, 1.165) is 6.42 Å². The Balaban J connectivity index is 1.65. The molecule has 148 valence electrons. The second-order valence-corrected chi connectivity index (χ2v) is 8.74. The van der Waals surface area contributed by atoms with Crippen LogP contribution in [-0.4, -0.2) is 30.2 Å². The number of anilines is 1. The van der Waals surface area contributed by atoms with Crippen molar-refractivity contribution in [2.45, 2.75) is 23.8 Å². The van der Waals surface area contributed by atoms with Gasteiger partial charge in [-0.2, -0.15) is 4.31 Å². The van der Waals surface area contributed by atoms with Crippen LogP contribution in [-0.2, 0) is 10.0 Å². The van der Waals surface area contributed by atoms with Crippen LogP contribution in [0, 0.1) is 0 Å². The molecule has 0 bridgehead atoms. The SMILES string of the molecule is O=C(Nc1ncccc1C1CCCN1S(=O)(=O)c1ccccc1)c1ccccc1. The zero-order valence-electron chi connectivity index (χ0n) is 15.7. The van der Waals surface area contributed by atoms with Crippen molar-refractivity contribution in [3.05, 3.63) is 90.1 Å². The number of carbonyl (C=O) groups excluding carboxylic acids is 1. The Kier molecular flexibility index (Phi) is 5.42. The number of amides is 1. The minimum Gasteiger partial charge on any atom is -0.306 e.